The number of rotatable bonds is 8. The number of hydrogen-bond donors (Lipinski definition) is 1. The van der Waals surface area contributed by atoms with E-state index in [-0.39, 0.29) is 18.4 Å². The number of nitrogens with one attached hydrogen (secondary N) is 1. The number of ether oxygens (including phenoxy) is 1. The molecule has 5 rings (SSSR count). The van der Waals surface area contributed by atoms with Crippen molar-refractivity contribution in [3.05, 3.63) is 96.1 Å². The predicted octanol–water partition coefficient (Wildman–Crippen LogP) is 6.07. The van der Waals surface area contributed by atoms with Gasteiger partial charge in [0.25, 0.3) is 5.91 Å². The van der Waals surface area contributed by atoms with Crippen molar-refractivity contribution in [2.75, 3.05) is 24.6 Å². The second kappa shape index (κ2) is 12.3. The molecule has 0 bridgehead atoms. The second-order valence-corrected chi connectivity index (χ2v) is 10.7. The van der Waals surface area contributed by atoms with Crippen LogP contribution in [0.3, 0.4) is 0 Å². The van der Waals surface area contributed by atoms with Crippen LogP contribution in [0.2, 0.25) is 0 Å². The number of benzene rings is 3. The number of para-hydroxylation sites is 2. The summed E-state index contributed by atoms with van der Waals surface area (Å²) in [5.74, 6) is 1.42. The van der Waals surface area contributed by atoms with Gasteiger partial charge in [-0.05, 0) is 61.3 Å². The number of anilines is 1. The Kier molecular flexibility index (Phi) is 8.42. The fourth-order valence-corrected chi connectivity index (χ4v) is 6.12. The van der Waals surface area contributed by atoms with E-state index < -0.39 is 5.41 Å². The summed E-state index contributed by atoms with van der Waals surface area (Å²) in [4.78, 5) is 28.5. The highest BCUT2D eigenvalue weighted by atomic mass is 16.5. The maximum absolute atomic E-state index is 13.9. The van der Waals surface area contributed by atoms with Gasteiger partial charge in [-0.25, -0.2) is 0 Å². The zero-order chi connectivity index (χ0) is 26.2. The van der Waals surface area contributed by atoms with Crippen LogP contribution in [0.15, 0.2) is 84.9 Å². The first-order valence-corrected chi connectivity index (χ1v) is 14.1. The van der Waals surface area contributed by atoms with E-state index in [0.717, 1.165) is 68.4 Å². The molecule has 1 aliphatic heterocycles. The van der Waals surface area contributed by atoms with Crippen molar-refractivity contribution in [3.63, 3.8) is 0 Å². The Balaban J connectivity index is 1.27. The van der Waals surface area contributed by atoms with Crippen molar-refractivity contribution in [2.24, 2.45) is 5.92 Å². The number of carbonyl (C=O) groups is 2. The highest BCUT2D eigenvalue weighted by Crippen LogP contribution is 2.40. The molecule has 3 aromatic carbocycles. The van der Waals surface area contributed by atoms with Crippen molar-refractivity contribution >= 4 is 17.5 Å². The van der Waals surface area contributed by atoms with Gasteiger partial charge in [0, 0.05) is 13.1 Å². The highest BCUT2D eigenvalue weighted by Gasteiger charge is 2.40. The fourth-order valence-electron chi connectivity index (χ4n) is 6.12. The maximum atomic E-state index is 13.9. The summed E-state index contributed by atoms with van der Waals surface area (Å²) in [7, 11) is 0. The molecular formula is C33H38N2O3. The van der Waals surface area contributed by atoms with Gasteiger partial charge in [-0.15, -0.1) is 0 Å². The minimum absolute atomic E-state index is 0.0194. The van der Waals surface area contributed by atoms with Crippen LogP contribution < -0.4 is 15.0 Å². The van der Waals surface area contributed by atoms with E-state index in [1.54, 1.807) is 0 Å². The largest absolute Gasteiger partial charge is 0.482 e. The smallest absolute Gasteiger partial charge is 0.265 e. The molecule has 5 nitrogen and oxygen atoms in total. The molecule has 2 atom stereocenters. The molecular weight excluding hydrogens is 472 g/mol. The zero-order valence-electron chi connectivity index (χ0n) is 22.1. The highest BCUT2D eigenvalue weighted by molar-refractivity contribution is 5.97. The molecule has 1 heterocycles. The Bertz CT molecular complexity index is 1210. The Morgan fingerprint density at radius 1 is 0.895 bits per heavy atom. The minimum atomic E-state index is -0.516. The SMILES string of the molecule is O=C1COc2ccccc2N1CCC1CCCCC(C(=O)NCCc2ccccc2)(c2ccccc2)CC1. The predicted molar refractivity (Wildman–Crippen MR) is 151 cm³/mol. The summed E-state index contributed by atoms with van der Waals surface area (Å²) in [6, 6.07) is 28.5. The maximum Gasteiger partial charge on any atom is 0.265 e. The van der Waals surface area contributed by atoms with E-state index in [4.69, 9.17) is 4.74 Å². The van der Waals surface area contributed by atoms with Gasteiger partial charge in [-0.3, -0.25) is 9.59 Å². The van der Waals surface area contributed by atoms with Crippen LogP contribution in [0, 0.1) is 5.92 Å². The first-order chi connectivity index (χ1) is 18.7. The van der Waals surface area contributed by atoms with Crippen LogP contribution in [0.5, 0.6) is 5.75 Å². The van der Waals surface area contributed by atoms with E-state index in [1.807, 2.05) is 65.6 Å². The fraction of sp³-hybridized carbons (Fsp3) is 0.394. The minimum Gasteiger partial charge on any atom is -0.482 e. The molecule has 38 heavy (non-hydrogen) atoms. The molecule has 1 N–H and O–H groups in total. The van der Waals surface area contributed by atoms with Gasteiger partial charge in [-0.2, -0.15) is 0 Å². The first-order valence-electron chi connectivity index (χ1n) is 14.1. The number of nitrogens with zero attached hydrogens (tertiary/aromatic N) is 1. The van der Waals surface area contributed by atoms with Gasteiger partial charge in [0.05, 0.1) is 11.1 Å². The molecule has 1 aliphatic carbocycles. The number of hydrogen-bond acceptors (Lipinski definition) is 3. The monoisotopic (exact) mass is 510 g/mol. The lowest BCUT2D eigenvalue weighted by Crippen LogP contribution is -2.46. The van der Waals surface area contributed by atoms with Crippen molar-refractivity contribution in [2.45, 2.75) is 56.8 Å². The average Bonchev–Trinajstić information content (AvgIpc) is 2.95. The lowest BCUT2D eigenvalue weighted by Gasteiger charge is -2.37. The van der Waals surface area contributed by atoms with Gasteiger partial charge in [0.1, 0.15) is 5.75 Å². The molecule has 0 saturated heterocycles. The molecule has 0 aromatic heterocycles. The molecule has 2 unspecified atom stereocenters. The van der Waals surface area contributed by atoms with Crippen LogP contribution in [0.25, 0.3) is 0 Å². The van der Waals surface area contributed by atoms with Gasteiger partial charge in [0.15, 0.2) is 6.61 Å². The number of amides is 2. The molecule has 3 aromatic rings. The molecule has 0 spiro atoms. The van der Waals surface area contributed by atoms with Crippen LogP contribution in [0.1, 0.15) is 56.1 Å². The quantitative estimate of drug-likeness (QED) is 0.400. The van der Waals surface area contributed by atoms with Crippen LogP contribution >= 0.6 is 0 Å². The van der Waals surface area contributed by atoms with Gasteiger partial charge in [0.2, 0.25) is 5.91 Å². The zero-order valence-corrected chi connectivity index (χ0v) is 22.1. The second-order valence-electron chi connectivity index (χ2n) is 10.7. The Hall–Kier alpha value is -3.60. The molecule has 2 amide bonds. The summed E-state index contributed by atoms with van der Waals surface area (Å²) in [5.41, 5.74) is 2.71. The molecule has 198 valence electrons. The normalized spacial score (nSPS) is 21.5. The topological polar surface area (TPSA) is 58.6 Å². The Morgan fingerprint density at radius 3 is 2.45 bits per heavy atom. The third-order valence-corrected chi connectivity index (χ3v) is 8.32. The summed E-state index contributed by atoms with van der Waals surface area (Å²) < 4.78 is 5.62. The molecule has 1 fully saturated rings. The summed E-state index contributed by atoms with van der Waals surface area (Å²) >= 11 is 0. The molecule has 2 aliphatic rings. The van der Waals surface area contributed by atoms with Gasteiger partial charge >= 0.3 is 0 Å². The number of carbonyl (C=O) groups excluding carboxylic acids is 2. The van der Waals surface area contributed by atoms with E-state index >= 15 is 0 Å². The third-order valence-electron chi connectivity index (χ3n) is 8.32. The van der Waals surface area contributed by atoms with E-state index in [2.05, 4.69) is 29.6 Å². The van der Waals surface area contributed by atoms with Crippen molar-refractivity contribution in [1.82, 2.24) is 5.32 Å². The van der Waals surface area contributed by atoms with Crippen molar-refractivity contribution in [1.29, 1.82) is 0 Å². The van der Waals surface area contributed by atoms with Crippen LogP contribution in [0.4, 0.5) is 5.69 Å². The summed E-state index contributed by atoms with van der Waals surface area (Å²) in [6.45, 7) is 1.42. The first kappa shape index (κ1) is 26.0. The van der Waals surface area contributed by atoms with E-state index in [1.165, 1.54) is 5.56 Å². The molecule has 1 saturated carbocycles. The number of fused-ring (bicyclic) bond motifs is 1. The summed E-state index contributed by atoms with van der Waals surface area (Å²) in [6.07, 6.45) is 7.70. The van der Waals surface area contributed by atoms with Crippen LogP contribution in [-0.2, 0) is 21.4 Å². The van der Waals surface area contributed by atoms with Crippen molar-refractivity contribution in [3.8, 4) is 5.75 Å². The average molecular weight is 511 g/mol. The Morgan fingerprint density at radius 2 is 1.63 bits per heavy atom. The lowest BCUT2D eigenvalue weighted by molar-refractivity contribution is -0.127. The van der Waals surface area contributed by atoms with E-state index in [9.17, 15) is 9.59 Å². The van der Waals surface area contributed by atoms with Crippen LogP contribution in [-0.4, -0.2) is 31.5 Å². The lowest BCUT2D eigenvalue weighted by atomic mass is 9.68. The van der Waals surface area contributed by atoms with E-state index in [0.29, 0.717) is 19.0 Å². The summed E-state index contributed by atoms with van der Waals surface area (Å²) in [5, 5.41) is 3.30. The standard InChI is InChI=1S/C33H38N2O3/c36-31-25-38-30-17-8-7-16-29(30)35(31)24-20-27-13-9-10-21-33(22-18-27,28-14-5-2-6-15-28)32(37)34-23-19-26-11-3-1-4-12-26/h1-8,11-12,14-17,27H,9-10,13,18-25H2,(H,34,37). The Labute approximate surface area is 226 Å². The molecule has 5 heteroatoms. The van der Waals surface area contributed by atoms with Gasteiger partial charge < -0.3 is 15.0 Å². The third kappa shape index (κ3) is 5.93. The molecule has 0 radical (unpaired) electrons. The van der Waals surface area contributed by atoms with Gasteiger partial charge in [-0.1, -0.05) is 92.1 Å². The van der Waals surface area contributed by atoms with Crippen molar-refractivity contribution < 1.29 is 14.3 Å².